The normalized spacial score (nSPS) is 19.1. The van der Waals surface area contributed by atoms with Crippen LogP contribution in [0.2, 0.25) is 0 Å². The lowest BCUT2D eigenvalue weighted by Crippen LogP contribution is -2.48. The summed E-state index contributed by atoms with van der Waals surface area (Å²) in [5.74, 6) is -1.39. The van der Waals surface area contributed by atoms with Crippen LogP contribution in [0.1, 0.15) is 37.7 Å². The minimum Gasteiger partial charge on any atom is -0.435 e. The van der Waals surface area contributed by atoms with Crippen LogP contribution < -0.4 is 14.8 Å². The molecule has 1 spiro atoms. The predicted molar refractivity (Wildman–Crippen MR) is 88.5 cm³/mol. The first-order chi connectivity index (χ1) is 13.3. The number of benzene rings is 1. The number of carbonyl (C=O) groups is 2. The van der Waals surface area contributed by atoms with Crippen molar-refractivity contribution >= 4 is 18.2 Å². The number of alkyl halides is 4. The first kappa shape index (κ1) is 19.9. The van der Waals surface area contributed by atoms with Crippen LogP contribution in [-0.2, 0) is 4.79 Å². The van der Waals surface area contributed by atoms with Crippen molar-refractivity contribution in [1.82, 2.24) is 10.3 Å². The van der Waals surface area contributed by atoms with E-state index in [1.807, 2.05) is 0 Å². The van der Waals surface area contributed by atoms with Gasteiger partial charge in [0.2, 0.25) is 0 Å². The number of halogens is 4. The van der Waals surface area contributed by atoms with E-state index >= 15 is 0 Å². The van der Waals surface area contributed by atoms with Crippen molar-refractivity contribution in [1.29, 1.82) is 0 Å². The number of amides is 3. The summed E-state index contributed by atoms with van der Waals surface area (Å²) >= 11 is 0. The second-order valence-electron chi connectivity index (χ2n) is 6.39. The maximum atomic E-state index is 12.6. The van der Waals surface area contributed by atoms with Gasteiger partial charge in [0.15, 0.2) is 0 Å². The molecule has 1 aliphatic heterocycles. The summed E-state index contributed by atoms with van der Waals surface area (Å²) in [6.45, 7) is -6.37. The molecule has 11 heteroatoms. The van der Waals surface area contributed by atoms with Crippen LogP contribution in [0.4, 0.5) is 22.4 Å². The second-order valence-corrected chi connectivity index (χ2v) is 6.39. The summed E-state index contributed by atoms with van der Waals surface area (Å²) in [6.07, 6.45) is 4.54. The van der Waals surface area contributed by atoms with E-state index in [-0.39, 0.29) is 11.3 Å². The van der Waals surface area contributed by atoms with Crippen molar-refractivity contribution in [3.8, 4) is 11.5 Å². The van der Waals surface area contributed by atoms with Crippen LogP contribution in [0.5, 0.6) is 11.5 Å². The molecule has 2 aliphatic rings. The molecule has 152 valence electrons. The summed E-state index contributed by atoms with van der Waals surface area (Å²) < 4.78 is 58.3. The SMILES string of the molecule is O=C1NC2(CCCCC2)C(=O)N1/N=C\c1ccc(OC(F)F)cc1OC(F)F. The van der Waals surface area contributed by atoms with Gasteiger partial charge in [-0.25, -0.2) is 4.79 Å². The molecule has 1 saturated carbocycles. The van der Waals surface area contributed by atoms with Crippen LogP contribution in [0.3, 0.4) is 0 Å². The Morgan fingerprint density at radius 1 is 1.07 bits per heavy atom. The van der Waals surface area contributed by atoms with Gasteiger partial charge in [-0.2, -0.15) is 22.7 Å². The Hall–Kier alpha value is -2.85. The minimum atomic E-state index is -3.23. The van der Waals surface area contributed by atoms with E-state index in [1.54, 1.807) is 0 Å². The molecule has 1 aliphatic carbocycles. The third-order valence-corrected chi connectivity index (χ3v) is 4.59. The molecular weight excluding hydrogens is 386 g/mol. The molecule has 0 bridgehead atoms. The fraction of sp³-hybridized carbons (Fsp3) is 0.471. The molecule has 0 unspecified atom stereocenters. The molecule has 1 N–H and O–H groups in total. The Labute approximate surface area is 157 Å². The lowest BCUT2D eigenvalue weighted by molar-refractivity contribution is -0.132. The molecule has 0 atom stereocenters. The lowest BCUT2D eigenvalue weighted by Gasteiger charge is -2.29. The molecule has 1 saturated heterocycles. The highest BCUT2D eigenvalue weighted by Gasteiger charge is 2.51. The van der Waals surface area contributed by atoms with E-state index < -0.39 is 36.4 Å². The average Bonchev–Trinajstić information content (AvgIpc) is 2.84. The zero-order chi connectivity index (χ0) is 20.3. The maximum absolute atomic E-state index is 12.6. The van der Waals surface area contributed by atoms with Gasteiger partial charge in [-0.05, 0) is 25.0 Å². The minimum absolute atomic E-state index is 0.0490. The third kappa shape index (κ3) is 4.18. The molecule has 3 rings (SSSR count). The van der Waals surface area contributed by atoms with Crippen molar-refractivity contribution in [3.63, 3.8) is 0 Å². The fourth-order valence-corrected chi connectivity index (χ4v) is 3.32. The zero-order valence-electron chi connectivity index (χ0n) is 14.5. The number of hydrazone groups is 1. The smallest absolute Gasteiger partial charge is 0.387 e. The van der Waals surface area contributed by atoms with E-state index in [2.05, 4.69) is 19.9 Å². The average molecular weight is 403 g/mol. The molecular formula is C17H17F4N3O4. The second kappa shape index (κ2) is 8.03. The fourth-order valence-electron chi connectivity index (χ4n) is 3.32. The molecule has 3 amide bonds. The quantitative estimate of drug-likeness (QED) is 0.448. The summed E-state index contributed by atoms with van der Waals surface area (Å²) in [5, 5.41) is 7.09. The van der Waals surface area contributed by atoms with Gasteiger partial charge in [0.05, 0.1) is 6.21 Å². The van der Waals surface area contributed by atoms with E-state index in [0.717, 1.165) is 43.7 Å². The highest BCUT2D eigenvalue weighted by atomic mass is 19.3. The Morgan fingerprint density at radius 3 is 2.39 bits per heavy atom. The maximum Gasteiger partial charge on any atom is 0.387 e. The largest absolute Gasteiger partial charge is 0.435 e. The monoisotopic (exact) mass is 403 g/mol. The molecule has 1 aromatic carbocycles. The first-order valence-electron chi connectivity index (χ1n) is 8.55. The number of nitrogens with zero attached hydrogens (tertiary/aromatic N) is 2. The molecule has 1 heterocycles. The molecule has 0 aromatic heterocycles. The van der Waals surface area contributed by atoms with Gasteiger partial charge in [0.25, 0.3) is 5.91 Å². The van der Waals surface area contributed by atoms with Crippen LogP contribution >= 0.6 is 0 Å². The Morgan fingerprint density at radius 2 is 1.75 bits per heavy atom. The Kier molecular flexibility index (Phi) is 5.71. The van der Waals surface area contributed by atoms with Crippen LogP contribution in [0.15, 0.2) is 23.3 Å². The lowest BCUT2D eigenvalue weighted by atomic mass is 9.82. The zero-order valence-corrected chi connectivity index (χ0v) is 14.5. The molecule has 0 radical (unpaired) electrons. The Balaban J connectivity index is 1.82. The number of rotatable bonds is 6. The van der Waals surface area contributed by atoms with Gasteiger partial charge in [-0.3, -0.25) is 4.79 Å². The van der Waals surface area contributed by atoms with Gasteiger partial charge in [0.1, 0.15) is 17.0 Å². The molecule has 1 aromatic rings. The van der Waals surface area contributed by atoms with Gasteiger partial charge in [-0.1, -0.05) is 19.3 Å². The van der Waals surface area contributed by atoms with Gasteiger partial charge in [-0.15, -0.1) is 5.01 Å². The van der Waals surface area contributed by atoms with Gasteiger partial charge >= 0.3 is 19.3 Å². The molecule has 28 heavy (non-hydrogen) atoms. The van der Waals surface area contributed by atoms with Crippen LogP contribution in [0, 0.1) is 0 Å². The van der Waals surface area contributed by atoms with Crippen molar-refractivity contribution in [3.05, 3.63) is 23.8 Å². The van der Waals surface area contributed by atoms with E-state index in [1.165, 1.54) is 0 Å². The van der Waals surface area contributed by atoms with Crippen molar-refractivity contribution < 1.29 is 36.6 Å². The topological polar surface area (TPSA) is 80.2 Å². The van der Waals surface area contributed by atoms with Crippen LogP contribution in [-0.4, -0.2) is 41.9 Å². The number of carbonyl (C=O) groups excluding carboxylic acids is 2. The van der Waals surface area contributed by atoms with Gasteiger partial charge < -0.3 is 14.8 Å². The number of ether oxygens (including phenoxy) is 2. The van der Waals surface area contributed by atoms with E-state index in [4.69, 9.17) is 0 Å². The number of urea groups is 1. The Bertz CT molecular complexity index is 782. The van der Waals surface area contributed by atoms with Crippen molar-refractivity contribution in [2.45, 2.75) is 50.9 Å². The molecule has 2 fully saturated rings. The van der Waals surface area contributed by atoms with Crippen molar-refractivity contribution in [2.75, 3.05) is 0 Å². The number of hydrogen-bond acceptors (Lipinski definition) is 5. The third-order valence-electron chi connectivity index (χ3n) is 4.59. The van der Waals surface area contributed by atoms with E-state index in [9.17, 15) is 27.2 Å². The van der Waals surface area contributed by atoms with Crippen LogP contribution in [0.25, 0.3) is 0 Å². The number of nitrogens with one attached hydrogen (secondary N) is 1. The highest BCUT2D eigenvalue weighted by molar-refractivity contribution is 6.07. The number of hydrogen-bond donors (Lipinski definition) is 1. The number of imide groups is 1. The summed E-state index contributed by atoms with van der Waals surface area (Å²) in [4.78, 5) is 24.8. The first-order valence-corrected chi connectivity index (χ1v) is 8.55. The van der Waals surface area contributed by atoms with E-state index in [0.29, 0.717) is 17.9 Å². The van der Waals surface area contributed by atoms with Gasteiger partial charge in [0, 0.05) is 11.6 Å². The highest BCUT2D eigenvalue weighted by Crippen LogP contribution is 2.34. The predicted octanol–water partition coefficient (Wildman–Crippen LogP) is 3.48. The summed E-state index contributed by atoms with van der Waals surface area (Å²) in [5.41, 5.74) is -1.03. The van der Waals surface area contributed by atoms with Crippen molar-refractivity contribution in [2.24, 2.45) is 5.10 Å². The summed E-state index contributed by atoms with van der Waals surface area (Å²) in [7, 11) is 0. The standard InChI is InChI=1S/C17H17F4N3O4/c18-14(19)27-11-5-4-10(12(8-11)28-15(20)21)9-22-24-13(25)17(23-16(24)26)6-2-1-3-7-17/h4-5,8-9,14-15H,1-3,6-7H2,(H,23,26)/b22-9-. The summed E-state index contributed by atoms with van der Waals surface area (Å²) in [6, 6.07) is 2.37. The molecule has 7 nitrogen and oxygen atoms in total.